The van der Waals surface area contributed by atoms with Crippen molar-refractivity contribution in [3.05, 3.63) is 55.2 Å². The molecule has 0 unspecified atom stereocenters. The van der Waals surface area contributed by atoms with Gasteiger partial charge in [-0.25, -0.2) is 14.4 Å². The Morgan fingerprint density at radius 1 is 1.29 bits per heavy atom. The lowest BCUT2D eigenvalue weighted by atomic mass is 10.1. The van der Waals surface area contributed by atoms with Gasteiger partial charge >= 0.3 is 5.97 Å². The number of halogens is 3. The number of aryl methyl sites for hydroxylation is 1. The van der Waals surface area contributed by atoms with Crippen LogP contribution in [0.15, 0.2) is 32.5 Å². The van der Waals surface area contributed by atoms with Crippen molar-refractivity contribution in [3.8, 4) is 10.7 Å². The number of aliphatic carboxylic acids is 1. The molecular formula is C19H16Br2FN3O2S. The third kappa shape index (κ3) is 4.59. The van der Waals surface area contributed by atoms with Crippen molar-refractivity contribution in [2.45, 2.75) is 26.7 Å². The molecule has 0 fully saturated rings. The number of hydrogen-bond donors (Lipinski definition) is 2. The minimum absolute atomic E-state index is 0.226. The van der Waals surface area contributed by atoms with E-state index >= 15 is 0 Å². The fourth-order valence-electron chi connectivity index (χ4n) is 2.76. The van der Waals surface area contributed by atoms with Crippen LogP contribution in [0.25, 0.3) is 10.7 Å². The Labute approximate surface area is 182 Å². The lowest BCUT2D eigenvalue weighted by molar-refractivity contribution is -0.136. The summed E-state index contributed by atoms with van der Waals surface area (Å²) in [6, 6.07) is 6.28. The second kappa shape index (κ2) is 8.67. The summed E-state index contributed by atoms with van der Waals surface area (Å²) in [5.41, 5.74) is 2.35. The molecule has 0 bridgehead atoms. The third-order valence-electron chi connectivity index (χ3n) is 4.07. The lowest BCUT2D eigenvalue weighted by Crippen LogP contribution is -2.06. The summed E-state index contributed by atoms with van der Waals surface area (Å²) >= 11 is 8.44. The van der Waals surface area contributed by atoms with E-state index in [1.807, 2.05) is 19.9 Å². The monoisotopic (exact) mass is 527 g/mol. The minimum Gasteiger partial charge on any atom is -0.481 e. The van der Waals surface area contributed by atoms with Gasteiger partial charge in [-0.2, -0.15) is 0 Å². The van der Waals surface area contributed by atoms with Crippen molar-refractivity contribution in [1.82, 2.24) is 9.97 Å². The zero-order chi connectivity index (χ0) is 20.4. The Morgan fingerprint density at radius 3 is 2.61 bits per heavy atom. The summed E-state index contributed by atoms with van der Waals surface area (Å²) in [5, 5.41) is 11.9. The van der Waals surface area contributed by atoms with Gasteiger partial charge in [0, 0.05) is 15.7 Å². The smallest absolute Gasteiger partial charge is 0.307 e. The van der Waals surface area contributed by atoms with Crippen LogP contribution in [0.5, 0.6) is 0 Å². The van der Waals surface area contributed by atoms with E-state index in [-0.39, 0.29) is 12.1 Å². The van der Waals surface area contributed by atoms with Gasteiger partial charge in [0.05, 0.1) is 20.8 Å². The number of carboxylic acid groups (broad SMARTS) is 1. The van der Waals surface area contributed by atoms with Gasteiger partial charge in [-0.15, -0.1) is 11.3 Å². The molecule has 0 aliphatic carbocycles. The molecule has 0 aliphatic rings. The number of nitrogens with one attached hydrogen (secondary N) is 1. The van der Waals surface area contributed by atoms with E-state index in [1.165, 1.54) is 23.5 Å². The summed E-state index contributed by atoms with van der Waals surface area (Å²) in [7, 11) is 0. The molecule has 0 amide bonds. The SMILES string of the molecule is CCc1c(C)nc(-c2cc(Br)c(Br)s2)nc1Nc1ccc(CC(=O)O)cc1F. The van der Waals surface area contributed by atoms with Crippen molar-refractivity contribution < 1.29 is 14.3 Å². The molecule has 0 saturated carbocycles. The highest BCUT2D eigenvalue weighted by Gasteiger charge is 2.16. The van der Waals surface area contributed by atoms with Gasteiger partial charge in [-0.1, -0.05) is 13.0 Å². The highest BCUT2D eigenvalue weighted by molar-refractivity contribution is 9.13. The molecule has 5 nitrogen and oxygen atoms in total. The van der Waals surface area contributed by atoms with Crippen LogP contribution in [0.4, 0.5) is 15.9 Å². The molecule has 9 heteroatoms. The van der Waals surface area contributed by atoms with E-state index in [2.05, 4.69) is 47.1 Å². The first-order chi connectivity index (χ1) is 13.3. The first kappa shape index (κ1) is 20.9. The van der Waals surface area contributed by atoms with Crippen molar-refractivity contribution in [2.24, 2.45) is 0 Å². The highest BCUT2D eigenvalue weighted by Crippen LogP contribution is 2.38. The van der Waals surface area contributed by atoms with Crippen molar-refractivity contribution in [1.29, 1.82) is 0 Å². The summed E-state index contributed by atoms with van der Waals surface area (Å²) < 4.78 is 16.4. The maximum atomic E-state index is 14.5. The molecule has 0 radical (unpaired) electrons. The molecule has 0 spiro atoms. The Hall–Kier alpha value is -1.84. The van der Waals surface area contributed by atoms with Crippen LogP contribution < -0.4 is 5.32 Å². The van der Waals surface area contributed by atoms with Gasteiger partial charge in [-0.05, 0) is 69.0 Å². The molecule has 0 saturated heterocycles. The number of anilines is 2. The fourth-order valence-corrected chi connectivity index (χ4v) is 4.73. The number of carboxylic acids is 1. The van der Waals surface area contributed by atoms with Crippen LogP contribution in [0, 0.1) is 12.7 Å². The molecule has 0 aliphatic heterocycles. The number of nitrogens with zero attached hydrogens (tertiary/aromatic N) is 2. The Morgan fingerprint density at radius 2 is 2.04 bits per heavy atom. The average molecular weight is 529 g/mol. The molecular weight excluding hydrogens is 513 g/mol. The summed E-state index contributed by atoms with van der Waals surface area (Å²) in [4.78, 5) is 20.9. The van der Waals surface area contributed by atoms with Crippen molar-refractivity contribution >= 4 is 60.7 Å². The predicted octanol–water partition coefficient (Wildman–Crippen LogP) is 6.11. The van der Waals surface area contributed by atoms with Crippen LogP contribution in [0.3, 0.4) is 0 Å². The number of rotatable bonds is 6. The van der Waals surface area contributed by atoms with E-state index in [1.54, 1.807) is 6.07 Å². The Kier molecular flexibility index (Phi) is 6.47. The van der Waals surface area contributed by atoms with Gasteiger partial charge in [0.15, 0.2) is 5.82 Å². The van der Waals surface area contributed by atoms with Crippen LogP contribution >= 0.6 is 43.2 Å². The lowest BCUT2D eigenvalue weighted by Gasteiger charge is -2.14. The number of aromatic nitrogens is 2. The second-order valence-corrected chi connectivity index (χ2v) is 9.28. The predicted molar refractivity (Wildman–Crippen MR) is 116 cm³/mol. The van der Waals surface area contributed by atoms with E-state index in [0.29, 0.717) is 23.6 Å². The third-order valence-corrected chi connectivity index (χ3v) is 7.33. The topological polar surface area (TPSA) is 75.1 Å². The van der Waals surface area contributed by atoms with Crippen LogP contribution in [-0.4, -0.2) is 21.0 Å². The van der Waals surface area contributed by atoms with Crippen molar-refractivity contribution in [2.75, 3.05) is 5.32 Å². The minimum atomic E-state index is -1.00. The van der Waals surface area contributed by atoms with Gasteiger partial charge in [0.1, 0.15) is 11.6 Å². The van der Waals surface area contributed by atoms with E-state index in [0.717, 1.165) is 24.4 Å². The summed E-state index contributed by atoms with van der Waals surface area (Å²) in [6.07, 6.45) is 0.460. The summed E-state index contributed by atoms with van der Waals surface area (Å²) in [6.45, 7) is 3.89. The molecule has 28 heavy (non-hydrogen) atoms. The molecule has 1 aromatic carbocycles. The second-order valence-electron chi connectivity index (χ2n) is 6.06. The maximum absolute atomic E-state index is 14.5. The number of thiophene rings is 1. The maximum Gasteiger partial charge on any atom is 0.307 e. The van der Waals surface area contributed by atoms with Crippen LogP contribution in [0.1, 0.15) is 23.7 Å². The molecule has 2 aromatic heterocycles. The number of hydrogen-bond acceptors (Lipinski definition) is 5. The quantitative estimate of drug-likeness (QED) is 0.403. The van der Waals surface area contributed by atoms with Crippen LogP contribution in [-0.2, 0) is 17.6 Å². The Balaban J connectivity index is 2.00. The first-order valence-corrected chi connectivity index (χ1v) is 10.8. The van der Waals surface area contributed by atoms with Crippen LogP contribution in [0.2, 0.25) is 0 Å². The largest absolute Gasteiger partial charge is 0.481 e. The van der Waals surface area contributed by atoms with E-state index < -0.39 is 11.8 Å². The normalized spacial score (nSPS) is 10.9. The van der Waals surface area contributed by atoms with E-state index in [4.69, 9.17) is 5.11 Å². The zero-order valence-corrected chi connectivity index (χ0v) is 19.0. The fraction of sp³-hybridized carbons (Fsp3) is 0.211. The highest BCUT2D eigenvalue weighted by atomic mass is 79.9. The molecule has 2 heterocycles. The Bertz CT molecular complexity index is 1040. The average Bonchev–Trinajstić information content (AvgIpc) is 2.95. The molecule has 2 N–H and O–H groups in total. The summed E-state index contributed by atoms with van der Waals surface area (Å²) in [5.74, 6) is -0.440. The van der Waals surface area contributed by atoms with E-state index in [9.17, 15) is 9.18 Å². The zero-order valence-electron chi connectivity index (χ0n) is 15.0. The number of carbonyl (C=O) groups is 1. The molecule has 146 valence electrons. The molecule has 3 rings (SSSR count). The van der Waals surface area contributed by atoms with Crippen molar-refractivity contribution in [3.63, 3.8) is 0 Å². The van der Waals surface area contributed by atoms with Gasteiger partial charge in [0.25, 0.3) is 0 Å². The molecule has 3 aromatic rings. The first-order valence-electron chi connectivity index (χ1n) is 8.38. The van der Waals surface area contributed by atoms with Gasteiger partial charge < -0.3 is 10.4 Å². The number of benzene rings is 1. The standard InChI is InChI=1S/C19H16Br2FN3O2S/c1-3-11-9(2)23-19(15-8-12(20)17(21)28-15)25-18(11)24-14-5-4-10(6-13(14)22)7-16(26)27/h4-6,8H,3,7H2,1-2H3,(H,26,27)(H,23,24,25). The van der Waals surface area contributed by atoms with Gasteiger partial charge in [-0.3, -0.25) is 4.79 Å². The van der Waals surface area contributed by atoms with Gasteiger partial charge in [0.2, 0.25) is 0 Å². The molecule has 0 atom stereocenters.